The summed E-state index contributed by atoms with van der Waals surface area (Å²) in [5.41, 5.74) is 4.24. The van der Waals surface area contributed by atoms with Gasteiger partial charge in [-0.3, -0.25) is 9.59 Å². The highest BCUT2D eigenvalue weighted by molar-refractivity contribution is 5.98. The Labute approximate surface area is 247 Å². The molecule has 6 rings (SSSR count). The molecule has 5 aromatic rings. The number of carbonyl (C=O) groups excluding carboxylic acids is 2. The monoisotopic (exact) mass is 579 g/mol. The van der Waals surface area contributed by atoms with Crippen LogP contribution in [0.25, 0.3) is 11.0 Å². The van der Waals surface area contributed by atoms with E-state index in [0.717, 1.165) is 5.56 Å². The van der Waals surface area contributed by atoms with Gasteiger partial charge in [0.2, 0.25) is 12.7 Å². The molecule has 1 aromatic heterocycles. The van der Waals surface area contributed by atoms with Crippen LogP contribution >= 0.6 is 0 Å². The number of hydrogen-bond acceptors (Lipinski definition) is 6. The molecule has 10 heteroatoms. The maximum atomic E-state index is 14.2. The van der Waals surface area contributed by atoms with Crippen molar-refractivity contribution in [2.75, 3.05) is 12.1 Å². The van der Waals surface area contributed by atoms with Gasteiger partial charge in [0.05, 0.1) is 5.52 Å². The minimum Gasteiger partial charge on any atom is -0.454 e. The van der Waals surface area contributed by atoms with E-state index in [-0.39, 0.29) is 31.7 Å². The fourth-order valence-corrected chi connectivity index (χ4v) is 5.08. The van der Waals surface area contributed by atoms with Gasteiger partial charge in [-0.15, -0.1) is 5.10 Å². The fraction of sp³-hybridized carbons (Fsp3) is 0.212. The van der Waals surface area contributed by atoms with Crippen molar-refractivity contribution in [3.8, 4) is 11.5 Å². The molecule has 218 valence electrons. The molecule has 2 heterocycles. The van der Waals surface area contributed by atoms with Gasteiger partial charge in [-0.05, 0) is 59.0 Å². The summed E-state index contributed by atoms with van der Waals surface area (Å²) in [5, 5.41) is 11.3. The Morgan fingerprint density at radius 3 is 2.42 bits per heavy atom. The molecule has 43 heavy (non-hydrogen) atoms. The Morgan fingerprint density at radius 1 is 0.930 bits per heavy atom. The zero-order chi connectivity index (χ0) is 29.9. The molecule has 0 spiro atoms. The van der Waals surface area contributed by atoms with Gasteiger partial charge in [0.15, 0.2) is 11.5 Å². The van der Waals surface area contributed by atoms with Crippen LogP contribution in [0.3, 0.4) is 0 Å². The molecule has 2 amide bonds. The number of halogens is 1. The number of para-hydroxylation sites is 1. The van der Waals surface area contributed by atoms with Crippen LogP contribution in [0.1, 0.15) is 42.5 Å². The zero-order valence-corrected chi connectivity index (χ0v) is 23.7. The number of carbonyl (C=O) groups is 2. The molecule has 0 saturated heterocycles. The molecule has 0 aliphatic carbocycles. The second-order valence-electron chi connectivity index (χ2n) is 10.7. The Kier molecular flexibility index (Phi) is 7.74. The first-order valence-corrected chi connectivity index (χ1v) is 14.0. The van der Waals surface area contributed by atoms with Gasteiger partial charge in [-0.2, -0.15) is 0 Å². The molecular formula is C33H30FN5O4. The van der Waals surface area contributed by atoms with Crippen LogP contribution < -0.4 is 14.8 Å². The van der Waals surface area contributed by atoms with Gasteiger partial charge in [-0.1, -0.05) is 67.6 Å². The van der Waals surface area contributed by atoms with Crippen LogP contribution in [-0.4, -0.2) is 38.5 Å². The summed E-state index contributed by atoms with van der Waals surface area (Å²) in [6.07, 6.45) is 0. The van der Waals surface area contributed by atoms with Gasteiger partial charge in [0, 0.05) is 18.3 Å². The van der Waals surface area contributed by atoms with E-state index < -0.39 is 17.8 Å². The highest BCUT2D eigenvalue weighted by atomic mass is 19.1. The number of nitrogens with zero attached hydrogens (tertiary/aromatic N) is 4. The van der Waals surface area contributed by atoms with Crippen molar-refractivity contribution < 1.29 is 23.5 Å². The van der Waals surface area contributed by atoms with Gasteiger partial charge in [-0.25, -0.2) is 9.07 Å². The summed E-state index contributed by atoms with van der Waals surface area (Å²) in [4.78, 5) is 29.8. The summed E-state index contributed by atoms with van der Waals surface area (Å²) >= 11 is 0. The van der Waals surface area contributed by atoms with Gasteiger partial charge in [0.1, 0.15) is 23.9 Å². The molecular weight excluding hydrogens is 549 g/mol. The maximum absolute atomic E-state index is 14.2. The third kappa shape index (κ3) is 6.04. The first-order valence-electron chi connectivity index (χ1n) is 14.0. The van der Waals surface area contributed by atoms with Crippen molar-refractivity contribution in [1.29, 1.82) is 0 Å². The Bertz CT molecular complexity index is 1770. The smallest absolute Gasteiger partial charge is 0.251 e. The van der Waals surface area contributed by atoms with Crippen molar-refractivity contribution in [2.45, 2.75) is 38.9 Å². The van der Waals surface area contributed by atoms with Gasteiger partial charge < -0.3 is 19.7 Å². The Balaban J connectivity index is 1.39. The lowest BCUT2D eigenvalue weighted by Gasteiger charge is -2.32. The van der Waals surface area contributed by atoms with Crippen LogP contribution in [0.2, 0.25) is 0 Å². The molecule has 0 saturated carbocycles. The fourth-order valence-electron chi connectivity index (χ4n) is 5.08. The number of ether oxygens (including phenoxy) is 2. The number of anilines is 1. The van der Waals surface area contributed by atoms with Gasteiger partial charge >= 0.3 is 0 Å². The lowest BCUT2D eigenvalue weighted by molar-refractivity contribution is -0.140. The van der Waals surface area contributed by atoms with Gasteiger partial charge in [0.25, 0.3) is 5.91 Å². The Morgan fingerprint density at radius 2 is 1.65 bits per heavy atom. The molecule has 4 aromatic carbocycles. The average molecular weight is 580 g/mol. The molecule has 9 nitrogen and oxygen atoms in total. The minimum atomic E-state index is -1.03. The highest BCUT2D eigenvalue weighted by Gasteiger charge is 2.33. The number of rotatable bonds is 9. The predicted octanol–water partition coefficient (Wildman–Crippen LogP) is 5.83. The maximum Gasteiger partial charge on any atom is 0.251 e. The number of aromatic nitrogens is 3. The Hall–Kier alpha value is -5.25. The van der Waals surface area contributed by atoms with E-state index in [1.807, 2.05) is 48.5 Å². The topological polar surface area (TPSA) is 98.6 Å². The lowest BCUT2D eigenvalue weighted by atomic mass is 9.97. The van der Waals surface area contributed by atoms with Crippen molar-refractivity contribution in [2.24, 2.45) is 0 Å². The quantitative estimate of drug-likeness (QED) is 0.236. The molecule has 1 aliphatic rings. The molecule has 0 fully saturated rings. The summed E-state index contributed by atoms with van der Waals surface area (Å²) in [5.74, 6) is 0.221. The molecule has 1 atom stereocenters. The summed E-state index contributed by atoms with van der Waals surface area (Å²) in [7, 11) is 0. The van der Waals surface area contributed by atoms with Crippen molar-refractivity contribution in [3.63, 3.8) is 0 Å². The number of fused-ring (bicyclic) bond motifs is 2. The van der Waals surface area contributed by atoms with Crippen molar-refractivity contribution in [3.05, 3.63) is 114 Å². The van der Waals surface area contributed by atoms with E-state index in [0.29, 0.717) is 39.3 Å². The zero-order valence-electron chi connectivity index (χ0n) is 23.7. The number of nitrogens with one attached hydrogen (secondary N) is 1. The van der Waals surface area contributed by atoms with Crippen LogP contribution in [0.4, 0.5) is 10.1 Å². The highest BCUT2D eigenvalue weighted by Crippen LogP contribution is 2.35. The SMILES string of the molecule is CC(C)c1ccc([C@@H](C(=O)Nc2ccc3c(c2)OCO3)N(Cc2ccc(F)cc2)C(=O)Cn2nnc3ccccc32)cc1. The van der Waals surface area contributed by atoms with Crippen LogP contribution in [-0.2, 0) is 22.7 Å². The van der Waals surface area contributed by atoms with Crippen LogP contribution in [0, 0.1) is 5.82 Å². The second-order valence-corrected chi connectivity index (χ2v) is 10.7. The predicted molar refractivity (Wildman–Crippen MR) is 159 cm³/mol. The average Bonchev–Trinajstić information content (AvgIpc) is 3.65. The second kappa shape index (κ2) is 11.9. The molecule has 1 aliphatic heterocycles. The summed E-state index contributed by atoms with van der Waals surface area (Å²) in [6, 6.07) is 25.0. The molecule has 0 bridgehead atoms. The van der Waals surface area contributed by atoms with Crippen LogP contribution in [0.15, 0.2) is 91.0 Å². The van der Waals surface area contributed by atoms with E-state index in [4.69, 9.17) is 9.47 Å². The van der Waals surface area contributed by atoms with E-state index in [1.165, 1.54) is 21.7 Å². The summed E-state index contributed by atoms with van der Waals surface area (Å²) < 4.78 is 26.2. The summed E-state index contributed by atoms with van der Waals surface area (Å²) in [6.45, 7) is 4.18. The van der Waals surface area contributed by atoms with E-state index in [9.17, 15) is 14.0 Å². The van der Waals surface area contributed by atoms with Crippen molar-refractivity contribution >= 4 is 28.5 Å². The van der Waals surface area contributed by atoms with E-state index >= 15 is 0 Å². The third-order valence-electron chi connectivity index (χ3n) is 7.41. The standard InChI is InChI=1S/C33H30FN5O4/c1-21(2)23-9-11-24(12-10-23)32(33(41)35-26-15-16-29-30(17-26)43-20-42-29)38(18-22-7-13-25(34)14-8-22)31(40)19-39-28-6-4-3-5-27(28)36-37-39/h3-17,21,32H,18-20H2,1-2H3,(H,35,41)/t32-/m0/s1. The number of hydrogen-bond donors (Lipinski definition) is 1. The lowest BCUT2D eigenvalue weighted by Crippen LogP contribution is -2.42. The number of benzene rings is 4. The number of amides is 2. The minimum absolute atomic E-state index is 0.0525. The van der Waals surface area contributed by atoms with Crippen LogP contribution in [0.5, 0.6) is 11.5 Å². The molecule has 0 unspecified atom stereocenters. The normalized spacial score (nSPS) is 12.8. The largest absolute Gasteiger partial charge is 0.454 e. The molecule has 1 N–H and O–H groups in total. The first-order chi connectivity index (χ1) is 20.9. The van der Waals surface area contributed by atoms with E-state index in [1.54, 1.807) is 30.3 Å². The van der Waals surface area contributed by atoms with Crippen molar-refractivity contribution in [1.82, 2.24) is 19.9 Å². The van der Waals surface area contributed by atoms with E-state index in [2.05, 4.69) is 29.5 Å². The first kappa shape index (κ1) is 27.9. The third-order valence-corrected chi connectivity index (χ3v) is 7.41. The molecule has 0 radical (unpaired) electrons.